The maximum atomic E-state index is 11.4. The largest absolute Gasteiger partial charge is 0.352 e. The summed E-state index contributed by atoms with van der Waals surface area (Å²) in [6, 6.07) is 0. The Morgan fingerprint density at radius 1 is 1.79 bits per heavy atom. The van der Waals surface area contributed by atoms with Gasteiger partial charge in [0, 0.05) is 29.6 Å². The smallest absolute Gasteiger partial charge is 0.224 e. The van der Waals surface area contributed by atoms with Crippen LogP contribution < -0.4 is 5.32 Å². The van der Waals surface area contributed by atoms with Gasteiger partial charge >= 0.3 is 0 Å². The van der Waals surface area contributed by atoms with Gasteiger partial charge in [0.05, 0.1) is 6.20 Å². The number of aryl methyl sites for hydroxylation is 1. The van der Waals surface area contributed by atoms with Crippen LogP contribution in [0.3, 0.4) is 0 Å². The fraction of sp³-hybridized carbons (Fsp3) is 0.556. The van der Waals surface area contributed by atoms with Crippen LogP contribution in [0.5, 0.6) is 0 Å². The number of amides is 1. The lowest BCUT2D eigenvalue weighted by Gasteiger charge is -2.08. The van der Waals surface area contributed by atoms with Gasteiger partial charge in [0.1, 0.15) is 0 Å². The van der Waals surface area contributed by atoms with Crippen LogP contribution in [0.2, 0.25) is 0 Å². The number of nitrogens with zero attached hydrogens (tertiary/aromatic N) is 1. The molecule has 1 amide bonds. The zero-order valence-corrected chi connectivity index (χ0v) is 9.06. The molecule has 0 fully saturated rings. The van der Waals surface area contributed by atoms with E-state index in [1.54, 1.807) is 13.1 Å². The number of carbonyl (C=O) groups is 1. The summed E-state index contributed by atoms with van der Waals surface area (Å²) < 4.78 is 0. The molecule has 5 heteroatoms. The first kappa shape index (κ1) is 11.0. The van der Waals surface area contributed by atoms with Crippen molar-refractivity contribution < 1.29 is 4.79 Å². The highest BCUT2D eigenvalue weighted by Gasteiger charge is 2.11. The second-order valence-electron chi connectivity index (χ2n) is 3.29. The maximum Gasteiger partial charge on any atom is 0.224 e. The summed E-state index contributed by atoms with van der Waals surface area (Å²) in [6.45, 7) is 4.21. The summed E-state index contributed by atoms with van der Waals surface area (Å²) >= 11 is 5.56. The van der Waals surface area contributed by atoms with Gasteiger partial charge in [-0.3, -0.25) is 9.89 Å². The normalized spacial score (nSPS) is 12.5. The molecule has 1 atom stereocenters. The SMILES string of the molecule is Cc1[nH]ncc1CNC(=O)C(C)CCl. The molecule has 0 spiro atoms. The number of hydrogen-bond donors (Lipinski definition) is 2. The Labute approximate surface area is 88.0 Å². The quantitative estimate of drug-likeness (QED) is 0.742. The Bertz CT molecular complexity index is 311. The van der Waals surface area contributed by atoms with Crippen molar-refractivity contribution in [2.24, 2.45) is 5.92 Å². The summed E-state index contributed by atoms with van der Waals surface area (Å²) in [7, 11) is 0. The van der Waals surface area contributed by atoms with Gasteiger partial charge < -0.3 is 5.32 Å². The molecule has 14 heavy (non-hydrogen) atoms. The van der Waals surface area contributed by atoms with Crippen LogP contribution in [0.1, 0.15) is 18.2 Å². The topological polar surface area (TPSA) is 57.8 Å². The van der Waals surface area contributed by atoms with Crippen LogP contribution in [-0.2, 0) is 11.3 Å². The monoisotopic (exact) mass is 215 g/mol. The van der Waals surface area contributed by atoms with E-state index < -0.39 is 0 Å². The molecule has 1 heterocycles. The molecule has 0 saturated carbocycles. The van der Waals surface area contributed by atoms with Gasteiger partial charge in [-0.25, -0.2) is 0 Å². The summed E-state index contributed by atoms with van der Waals surface area (Å²) in [5, 5.41) is 9.46. The predicted octanol–water partition coefficient (Wildman–Crippen LogP) is 1.21. The number of rotatable bonds is 4. The summed E-state index contributed by atoms with van der Waals surface area (Å²) in [6.07, 6.45) is 1.71. The highest BCUT2D eigenvalue weighted by atomic mass is 35.5. The molecule has 1 unspecified atom stereocenters. The fourth-order valence-corrected chi connectivity index (χ4v) is 1.12. The van der Waals surface area contributed by atoms with Crippen LogP contribution in [0.15, 0.2) is 6.20 Å². The van der Waals surface area contributed by atoms with Gasteiger partial charge in [0.15, 0.2) is 0 Å². The van der Waals surface area contributed by atoms with Gasteiger partial charge in [-0.2, -0.15) is 5.10 Å². The van der Waals surface area contributed by atoms with Gasteiger partial charge in [0.2, 0.25) is 5.91 Å². The van der Waals surface area contributed by atoms with Crippen molar-refractivity contribution in [1.29, 1.82) is 0 Å². The van der Waals surface area contributed by atoms with Gasteiger partial charge in [-0.05, 0) is 6.92 Å². The second kappa shape index (κ2) is 5.00. The number of H-pyrrole nitrogens is 1. The third-order valence-electron chi connectivity index (χ3n) is 2.07. The molecule has 4 nitrogen and oxygen atoms in total. The van der Waals surface area contributed by atoms with E-state index >= 15 is 0 Å². The molecule has 1 rings (SSSR count). The van der Waals surface area contributed by atoms with Crippen molar-refractivity contribution in [2.45, 2.75) is 20.4 Å². The molecule has 0 radical (unpaired) electrons. The van der Waals surface area contributed by atoms with Crippen molar-refractivity contribution in [3.63, 3.8) is 0 Å². The van der Waals surface area contributed by atoms with Crippen molar-refractivity contribution >= 4 is 17.5 Å². The van der Waals surface area contributed by atoms with E-state index in [2.05, 4.69) is 15.5 Å². The first-order valence-corrected chi connectivity index (χ1v) is 5.01. The average molecular weight is 216 g/mol. The van der Waals surface area contributed by atoms with Gasteiger partial charge in [-0.1, -0.05) is 6.92 Å². The average Bonchev–Trinajstić information content (AvgIpc) is 2.59. The number of alkyl halides is 1. The molecule has 2 N–H and O–H groups in total. The van der Waals surface area contributed by atoms with Crippen LogP contribution in [-0.4, -0.2) is 22.0 Å². The molecule has 0 aliphatic heterocycles. The molecular weight excluding hydrogens is 202 g/mol. The molecule has 0 aliphatic carbocycles. The summed E-state index contributed by atoms with van der Waals surface area (Å²) in [4.78, 5) is 11.4. The van der Waals surface area contributed by atoms with E-state index in [4.69, 9.17) is 11.6 Å². The van der Waals surface area contributed by atoms with E-state index in [0.717, 1.165) is 11.3 Å². The number of carbonyl (C=O) groups excluding carboxylic acids is 1. The van der Waals surface area contributed by atoms with E-state index in [9.17, 15) is 4.79 Å². The first-order chi connectivity index (χ1) is 6.65. The van der Waals surface area contributed by atoms with Crippen LogP contribution in [0, 0.1) is 12.8 Å². The molecule has 0 bridgehead atoms. The van der Waals surface area contributed by atoms with Gasteiger partial charge in [-0.15, -0.1) is 11.6 Å². The lowest BCUT2D eigenvalue weighted by molar-refractivity contribution is -0.124. The third-order valence-corrected chi connectivity index (χ3v) is 2.53. The van der Waals surface area contributed by atoms with Crippen LogP contribution in [0.25, 0.3) is 0 Å². The van der Waals surface area contributed by atoms with Crippen molar-refractivity contribution in [3.8, 4) is 0 Å². The maximum absolute atomic E-state index is 11.4. The van der Waals surface area contributed by atoms with E-state index in [0.29, 0.717) is 12.4 Å². The Morgan fingerprint density at radius 3 is 3.00 bits per heavy atom. The van der Waals surface area contributed by atoms with E-state index in [1.165, 1.54) is 0 Å². The molecular formula is C9H14ClN3O. The third kappa shape index (κ3) is 2.73. The van der Waals surface area contributed by atoms with Crippen molar-refractivity contribution in [2.75, 3.05) is 5.88 Å². The fourth-order valence-electron chi connectivity index (χ4n) is 0.981. The Morgan fingerprint density at radius 2 is 2.50 bits per heavy atom. The first-order valence-electron chi connectivity index (χ1n) is 4.47. The number of nitrogens with one attached hydrogen (secondary N) is 2. The summed E-state index contributed by atoms with van der Waals surface area (Å²) in [5.74, 6) is 0.167. The Kier molecular flexibility index (Phi) is 3.95. The second-order valence-corrected chi connectivity index (χ2v) is 3.60. The van der Waals surface area contributed by atoms with Crippen LogP contribution >= 0.6 is 11.6 Å². The van der Waals surface area contributed by atoms with Gasteiger partial charge in [0.25, 0.3) is 0 Å². The summed E-state index contributed by atoms with van der Waals surface area (Å²) in [5.41, 5.74) is 1.98. The lowest BCUT2D eigenvalue weighted by Crippen LogP contribution is -2.29. The van der Waals surface area contributed by atoms with E-state index in [1.807, 2.05) is 6.92 Å². The standard InChI is InChI=1S/C9H14ClN3O/c1-6(3-10)9(14)11-4-8-5-12-13-7(8)2/h5-6H,3-4H2,1-2H3,(H,11,14)(H,12,13). The molecule has 0 aromatic carbocycles. The Balaban J connectivity index is 2.41. The van der Waals surface area contributed by atoms with Crippen molar-refractivity contribution in [1.82, 2.24) is 15.5 Å². The number of aromatic amines is 1. The molecule has 78 valence electrons. The zero-order chi connectivity index (χ0) is 10.6. The molecule has 1 aromatic rings. The Hall–Kier alpha value is -1.03. The van der Waals surface area contributed by atoms with Crippen LogP contribution in [0.4, 0.5) is 0 Å². The van der Waals surface area contributed by atoms with E-state index in [-0.39, 0.29) is 11.8 Å². The minimum atomic E-state index is -0.149. The highest BCUT2D eigenvalue weighted by molar-refractivity contribution is 6.19. The zero-order valence-electron chi connectivity index (χ0n) is 8.30. The highest BCUT2D eigenvalue weighted by Crippen LogP contribution is 2.03. The lowest BCUT2D eigenvalue weighted by atomic mass is 10.2. The molecule has 1 aromatic heterocycles. The number of hydrogen-bond acceptors (Lipinski definition) is 2. The minimum absolute atomic E-state index is 0.0272. The number of halogens is 1. The molecule has 0 aliphatic rings. The molecule has 0 saturated heterocycles. The predicted molar refractivity (Wildman–Crippen MR) is 55.1 cm³/mol. The minimum Gasteiger partial charge on any atom is -0.352 e. The van der Waals surface area contributed by atoms with Crippen molar-refractivity contribution in [3.05, 3.63) is 17.5 Å². The number of aromatic nitrogens is 2.